The number of nitrogen functional groups attached to an aromatic ring is 1. The van der Waals surface area contributed by atoms with Crippen molar-refractivity contribution in [2.45, 2.75) is 4.90 Å². The molecule has 72 valence electrons. The number of nitrogens with one attached hydrogen (secondary N) is 2. The lowest BCUT2D eigenvalue weighted by atomic mass is 10.2. The maximum atomic E-state index is 11.3. The molecular formula is C8H7N3O2S. The zero-order valence-corrected chi connectivity index (χ0v) is 7.89. The van der Waals surface area contributed by atoms with Crippen molar-refractivity contribution in [1.82, 2.24) is 10.2 Å². The second-order valence-electron chi connectivity index (χ2n) is 2.86. The minimum Gasteiger partial charge on any atom is -0.398 e. The number of benzene rings is 1. The number of H-pyrrole nitrogens is 2. The third kappa shape index (κ3) is 1.20. The first kappa shape index (κ1) is 8.89. The molecule has 1 aromatic carbocycles. The highest BCUT2D eigenvalue weighted by atomic mass is 32.1. The molecule has 1 aromatic heterocycles. The van der Waals surface area contributed by atoms with Crippen LogP contribution in [0, 0.1) is 0 Å². The molecule has 0 radical (unpaired) electrons. The van der Waals surface area contributed by atoms with Crippen LogP contribution in [0.2, 0.25) is 0 Å². The van der Waals surface area contributed by atoms with Crippen LogP contribution in [0.25, 0.3) is 10.8 Å². The Morgan fingerprint density at radius 2 is 1.57 bits per heavy atom. The van der Waals surface area contributed by atoms with Crippen molar-refractivity contribution in [3.63, 3.8) is 0 Å². The van der Waals surface area contributed by atoms with Crippen molar-refractivity contribution in [3.05, 3.63) is 32.8 Å². The van der Waals surface area contributed by atoms with Gasteiger partial charge >= 0.3 is 0 Å². The van der Waals surface area contributed by atoms with E-state index in [-0.39, 0.29) is 21.9 Å². The molecule has 5 nitrogen and oxygen atoms in total. The van der Waals surface area contributed by atoms with Crippen molar-refractivity contribution < 1.29 is 0 Å². The number of thiol groups is 1. The molecule has 0 amide bonds. The molecule has 1 heterocycles. The van der Waals surface area contributed by atoms with E-state index >= 15 is 0 Å². The van der Waals surface area contributed by atoms with Gasteiger partial charge in [-0.05, 0) is 12.1 Å². The molecule has 0 atom stereocenters. The van der Waals surface area contributed by atoms with E-state index in [9.17, 15) is 9.59 Å². The molecule has 4 N–H and O–H groups in total. The second-order valence-corrected chi connectivity index (χ2v) is 3.35. The van der Waals surface area contributed by atoms with Gasteiger partial charge in [0.2, 0.25) is 0 Å². The molecule has 14 heavy (non-hydrogen) atoms. The van der Waals surface area contributed by atoms with Crippen LogP contribution >= 0.6 is 12.6 Å². The van der Waals surface area contributed by atoms with Gasteiger partial charge in [-0.25, -0.2) is 0 Å². The lowest BCUT2D eigenvalue weighted by Gasteiger charge is -2.00. The van der Waals surface area contributed by atoms with Gasteiger partial charge in [-0.2, -0.15) is 0 Å². The van der Waals surface area contributed by atoms with Gasteiger partial charge in [0.05, 0.1) is 10.8 Å². The number of aromatic nitrogens is 2. The Morgan fingerprint density at radius 1 is 1.07 bits per heavy atom. The Hall–Kier alpha value is -1.69. The Morgan fingerprint density at radius 3 is 2.14 bits per heavy atom. The summed E-state index contributed by atoms with van der Waals surface area (Å²) in [5.74, 6) is 0. The van der Waals surface area contributed by atoms with Crippen LogP contribution in [0.1, 0.15) is 0 Å². The fourth-order valence-electron chi connectivity index (χ4n) is 1.23. The second kappa shape index (κ2) is 2.91. The maximum Gasteiger partial charge on any atom is 0.270 e. The molecule has 0 bridgehead atoms. The van der Waals surface area contributed by atoms with Crippen molar-refractivity contribution in [1.29, 1.82) is 0 Å². The number of fused-ring (bicyclic) bond motifs is 1. The molecule has 0 aliphatic carbocycles. The van der Waals surface area contributed by atoms with Crippen LogP contribution in [0.5, 0.6) is 0 Å². The Kier molecular flexibility index (Phi) is 1.85. The first-order valence-corrected chi connectivity index (χ1v) is 4.27. The molecule has 0 aliphatic heterocycles. The van der Waals surface area contributed by atoms with Gasteiger partial charge in [0.25, 0.3) is 11.1 Å². The van der Waals surface area contributed by atoms with Crippen LogP contribution in [0.4, 0.5) is 5.69 Å². The third-order valence-corrected chi connectivity index (χ3v) is 2.33. The van der Waals surface area contributed by atoms with E-state index in [0.717, 1.165) is 0 Å². The van der Waals surface area contributed by atoms with Crippen LogP contribution in [0.3, 0.4) is 0 Å². The molecule has 0 aliphatic rings. The number of hydrogen-bond donors (Lipinski definition) is 4. The predicted molar refractivity (Wildman–Crippen MR) is 56.9 cm³/mol. The molecule has 2 rings (SSSR count). The highest BCUT2D eigenvalue weighted by Crippen LogP contribution is 2.19. The van der Waals surface area contributed by atoms with Crippen molar-refractivity contribution in [2.24, 2.45) is 0 Å². The SMILES string of the molecule is Nc1cc2c(=O)[nH][nH]c(=O)c2cc1S. The number of aromatic amines is 2. The van der Waals surface area contributed by atoms with Gasteiger partial charge < -0.3 is 5.73 Å². The number of hydrogen-bond acceptors (Lipinski definition) is 4. The monoisotopic (exact) mass is 209 g/mol. The number of nitrogens with two attached hydrogens (primary N) is 1. The zero-order chi connectivity index (χ0) is 10.3. The summed E-state index contributed by atoms with van der Waals surface area (Å²) in [6.07, 6.45) is 0. The van der Waals surface area contributed by atoms with E-state index < -0.39 is 0 Å². The quantitative estimate of drug-likeness (QED) is 0.366. The fourth-order valence-corrected chi connectivity index (χ4v) is 1.42. The average Bonchev–Trinajstić information content (AvgIpc) is 2.15. The van der Waals surface area contributed by atoms with Gasteiger partial charge in [-0.1, -0.05) is 0 Å². The Labute approximate surface area is 83.3 Å². The summed E-state index contributed by atoms with van der Waals surface area (Å²) < 4.78 is 0. The minimum atomic E-state index is -0.375. The largest absolute Gasteiger partial charge is 0.398 e. The van der Waals surface area contributed by atoms with Crippen molar-refractivity contribution >= 4 is 29.1 Å². The molecule has 2 aromatic rings. The summed E-state index contributed by atoms with van der Waals surface area (Å²) in [5.41, 5.74) is 5.19. The van der Waals surface area contributed by atoms with Crippen LogP contribution < -0.4 is 16.9 Å². The minimum absolute atomic E-state index is 0.268. The summed E-state index contributed by atoms with van der Waals surface area (Å²) in [4.78, 5) is 23.1. The van der Waals surface area contributed by atoms with Gasteiger partial charge in [0, 0.05) is 10.6 Å². The van der Waals surface area contributed by atoms with Crippen LogP contribution in [-0.4, -0.2) is 10.2 Å². The highest BCUT2D eigenvalue weighted by molar-refractivity contribution is 7.80. The average molecular weight is 209 g/mol. The summed E-state index contributed by atoms with van der Waals surface area (Å²) in [5, 5.41) is 4.99. The Balaban J connectivity index is 3.10. The lowest BCUT2D eigenvalue weighted by Crippen LogP contribution is -2.19. The smallest absolute Gasteiger partial charge is 0.270 e. The van der Waals surface area contributed by atoms with Gasteiger partial charge in [-0.3, -0.25) is 19.8 Å². The molecule has 0 saturated carbocycles. The van der Waals surface area contributed by atoms with Gasteiger partial charge in [0.1, 0.15) is 0 Å². The predicted octanol–water partition coefficient (Wildman–Crippen LogP) is 0.0873. The Bertz CT molecular complexity index is 559. The van der Waals surface area contributed by atoms with E-state index in [2.05, 4.69) is 22.8 Å². The standard InChI is InChI=1S/C8H7N3O2S/c9-5-1-3-4(2-6(5)14)8(13)11-10-7(3)12/h1-2,14H,9H2,(H,10,12)(H,11,13). The van der Waals surface area contributed by atoms with E-state index in [0.29, 0.717) is 10.6 Å². The lowest BCUT2D eigenvalue weighted by molar-refractivity contribution is 0.976. The molecule has 6 heteroatoms. The van der Waals surface area contributed by atoms with E-state index in [1.54, 1.807) is 0 Å². The summed E-state index contributed by atoms with van der Waals surface area (Å²) in [6, 6.07) is 2.91. The molecule has 0 saturated heterocycles. The van der Waals surface area contributed by atoms with Gasteiger partial charge in [0.15, 0.2) is 0 Å². The molecule has 0 fully saturated rings. The van der Waals surface area contributed by atoms with Crippen molar-refractivity contribution in [3.8, 4) is 0 Å². The maximum absolute atomic E-state index is 11.3. The zero-order valence-electron chi connectivity index (χ0n) is 7.00. The summed E-state index contributed by atoms with van der Waals surface area (Å²) in [7, 11) is 0. The molecule has 0 unspecified atom stereocenters. The van der Waals surface area contributed by atoms with E-state index in [1.807, 2.05) is 0 Å². The topological polar surface area (TPSA) is 91.7 Å². The highest BCUT2D eigenvalue weighted by Gasteiger charge is 2.05. The molecular weight excluding hydrogens is 202 g/mol. The fraction of sp³-hybridized carbons (Fsp3) is 0. The first-order valence-electron chi connectivity index (χ1n) is 3.83. The summed E-state index contributed by atoms with van der Waals surface area (Å²) >= 11 is 4.07. The normalized spacial score (nSPS) is 10.6. The third-order valence-electron chi connectivity index (χ3n) is 1.95. The van der Waals surface area contributed by atoms with E-state index in [1.165, 1.54) is 12.1 Å². The van der Waals surface area contributed by atoms with Crippen molar-refractivity contribution in [2.75, 3.05) is 5.73 Å². The van der Waals surface area contributed by atoms with E-state index in [4.69, 9.17) is 5.73 Å². The van der Waals surface area contributed by atoms with Crippen LogP contribution in [0.15, 0.2) is 26.6 Å². The number of rotatable bonds is 0. The van der Waals surface area contributed by atoms with Gasteiger partial charge in [-0.15, -0.1) is 12.6 Å². The first-order chi connectivity index (χ1) is 6.59. The molecule has 0 spiro atoms. The number of anilines is 1. The summed E-state index contributed by atoms with van der Waals surface area (Å²) in [6.45, 7) is 0. The van der Waals surface area contributed by atoms with Crippen LogP contribution in [-0.2, 0) is 0 Å².